The number of fused-ring (bicyclic) bond motifs is 2. The second kappa shape index (κ2) is 6.09. The molecule has 0 heterocycles. The normalized spacial score (nSPS) is 33.5. The molecule has 2 bridgehead atoms. The van der Waals surface area contributed by atoms with E-state index in [0.717, 1.165) is 0 Å². The van der Waals surface area contributed by atoms with Gasteiger partial charge in [-0.25, -0.2) is 0 Å². The minimum Gasteiger partial charge on any atom is -0.481 e. The van der Waals surface area contributed by atoms with Crippen molar-refractivity contribution in [1.29, 1.82) is 0 Å². The lowest BCUT2D eigenvalue weighted by Crippen LogP contribution is -2.53. The zero-order valence-electron chi connectivity index (χ0n) is 13.5. The van der Waals surface area contributed by atoms with Crippen LogP contribution < -0.4 is 5.32 Å². The Labute approximate surface area is 135 Å². The predicted molar refractivity (Wildman–Crippen MR) is 84.4 cm³/mol. The lowest BCUT2D eigenvalue weighted by atomic mass is 9.73. The second-order valence-corrected chi connectivity index (χ2v) is 7.35. The summed E-state index contributed by atoms with van der Waals surface area (Å²) in [6, 6.07) is -0.561. The summed E-state index contributed by atoms with van der Waals surface area (Å²) in [5.41, 5.74) is -1.51. The van der Waals surface area contributed by atoms with E-state index in [9.17, 15) is 24.9 Å². The maximum absolute atomic E-state index is 12.3. The number of aliphatic hydroxyl groups excluding tert-OH is 2. The van der Waals surface area contributed by atoms with Gasteiger partial charge in [-0.15, -0.1) is 6.58 Å². The van der Waals surface area contributed by atoms with Crippen LogP contribution in [0.3, 0.4) is 0 Å². The molecule has 128 valence electrons. The van der Waals surface area contributed by atoms with Gasteiger partial charge in [0.05, 0.1) is 12.5 Å². The van der Waals surface area contributed by atoms with Crippen LogP contribution >= 0.6 is 0 Å². The van der Waals surface area contributed by atoms with Crippen molar-refractivity contribution in [1.82, 2.24) is 5.32 Å². The molecule has 2 aliphatic carbocycles. The fraction of sp³-hybridized carbons (Fsp3) is 0.647. The third-order valence-electron chi connectivity index (χ3n) is 5.23. The van der Waals surface area contributed by atoms with Crippen molar-refractivity contribution < 1.29 is 24.9 Å². The first-order valence-electron chi connectivity index (χ1n) is 7.81. The molecule has 1 amide bonds. The molecule has 4 N–H and O–H groups in total. The Kier molecular flexibility index (Phi) is 4.69. The summed E-state index contributed by atoms with van der Waals surface area (Å²) in [5, 5.41) is 31.7. The Balaban J connectivity index is 2.20. The summed E-state index contributed by atoms with van der Waals surface area (Å²) in [7, 11) is 0. The highest BCUT2D eigenvalue weighted by Crippen LogP contribution is 2.55. The number of aliphatic carboxylic acids is 1. The highest BCUT2D eigenvalue weighted by molar-refractivity contribution is 5.83. The lowest BCUT2D eigenvalue weighted by molar-refractivity contribution is -0.147. The quantitative estimate of drug-likeness (QED) is 0.516. The number of carbonyl (C=O) groups is 2. The zero-order valence-corrected chi connectivity index (χ0v) is 13.5. The Hall–Kier alpha value is -1.66. The molecule has 5 atom stereocenters. The topological polar surface area (TPSA) is 107 Å². The molecule has 2 aliphatic rings. The molecular formula is C17H25NO5. The van der Waals surface area contributed by atoms with Crippen molar-refractivity contribution >= 4 is 11.9 Å². The van der Waals surface area contributed by atoms with Crippen LogP contribution in [0.2, 0.25) is 0 Å². The van der Waals surface area contributed by atoms with Gasteiger partial charge in [0.2, 0.25) is 5.91 Å². The minimum absolute atomic E-state index is 0.0653. The number of carbonyl (C=O) groups excluding carboxylic acids is 1. The fourth-order valence-electron chi connectivity index (χ4n) is 3.79. The van der Waals surface area contributed by atoms with Crippen LogP contribution in [0, 0.1) is 22.7 Å². The van der Waals surface area contributed by atoms with Crippen molar-refractivity contribution in [3.05, 3.63) is 24.8 Å². The van der Waals surface area contributed by atoms with Gasteiger partial charge in [0, 0.05) is 16.9 Å². The van der Waals surface area contributed by atoms with Crippen molar-refractivity contribution in [3.8, 4) is 0 Å². The number of aliphatic hydroxyl groups is 2. The molecule has 0 aromatic rings. The van der Waals surface area contributed by atoms with Gasteiger partial charge in [-0.2, -0.15) is 0 Å². The van der Waals surface area contributed by atoms with Crippen LogP contribution in [0.4, 0.5) is 0 Å². The number of hydrogen-bond acceptors (Lipinski definition) is 4. The number of rotatable bonds is 7. The molecule has 23 heavy (non-hydrogen) atoms. The molecule has 0 unspecified atom stereocenters. The van der Waals surface area contributed by atoms with E-state index in [1.165, 1.54) is 0 Å². The Morgan fingerprint density at radius 3 is 2.70 bits per heavy atom. The van der Waals surface area contributed by atoms with Crippen LogP contribution in [-0.4, -0.2) is 45.9 Å². The average Bonchev–Trinajstić information content (AvgIpc) is 3.02. The Morgan fingerprint density at radius 2 is 2.17 bits per heavy atom. The zero-order chi connectivity index (χ0) is 17.4. The standard InChI is InChI=1S/C17H25NO5/c1-4-6-17-7-5-10(8-17)12(11(17)15(22)23)18-14(21)13(20)16(2,3)9-19/h4-5,7,10-13,19-20H,1,6,8-9H2,2-3H3,(H,18,21)(H,22,23)/t10-,11-,12-,13+,17+/m1/s1. The number of hydrogen-bond donors (Lipinski definition) is 4. The van der Waals surface area contributed by atoms with E-state index in [4.69, 9.17) is 0 Å². The third-order valence-corrected chi connectivity index (χ3v) is 5.23. The van der Waals surface area contributed by atoms with E-state index in [1.54, 1.807) is 19.9 Å². The van der Waals surface area contributed by atoms with Crippen molar-refractivity contribution in [2.75, 3.05) is 6.61 Å². The van der Waals surface area contributed by atoms with Gasteiger partial charge >= 0.3 is 5.97 Å². The number of amides is 1. The first kappa shape index (κ1) is 17.7. The van der Waals surface area contributed by atoms with Gasteiger partial charge < -0.3 is 20.6 Å². The van der Waals surface area contributed by atoms with Gasteiger partial charge in [-0.1, -0.05) is 32.1 Å². The van der Waals surface area contributed by atoms with Crippen LogP contribution in [0.25, 0.3) is 0 Å². The van der Waals surface area contributed by atoms with E-state index >= 15 is 0 Å². The average molecular weight is 323 g/mol. The molecule has 0 aromatic heterocycles. The van der Waals surface area contributed by atoms with Gasteiger partial charge in [-0.3, -0.25) is 9.59 Å². The van der Waals surface area contributed by atoms with Crippen molar-refractivity contribution in [3.63, 3.8) is 0 Å². The second-order valence-electron chi connectivity index (χ2n) is 7.35. The van der Waals surface area contributed by atoms with Gasteiger partial charge in [0.15, 0.2) is 0 Å². The lowest BCUT2D eigenvalue weighted by Gasteiger charge is -2.35. The van der Waals surface area contributed by atoms with Crippen molar-refractivity contribution in [2.24, 2.45) is 22.7 Å². The van der Waals surface area contributed by atoms with Crippen LogP contribution in [-0.2, 0) is 9.59 Å². The van der Waals surface area contributed by atoms with Gasteiger partial charge in [0.1, 0.15) is 6.10 Å². The van der Waals surface area contributed by atoms with E-state index in [-0.39, 0.29) is 12.5 Å². The number of allylic oxidation sites excluding steroid dienone is 2. The number of carboxylic acids is 1. The first-order valence-corrected chi connectivity index (χ1v) is 7.81. The fourth-order valence-corrected chi connectivity index (χ4v) is 3.79. The van der Waals surface area contributed by atoms with Crippen LogP contribution in [0.1, 0.15) is 26.7 Å². The van der Waals surface area contributed by atoms with Crippen LogP contribution in [0.15, 0.2) is 24.8 Å². The van der Waals surface area contributed by atoms with E-state index in [1.807, 2.05) is 12.2 Å². The molecule has 0 spiro atoms. The summed E-state index contributed by atoms with van der Waals surface area (Å²) < 4.78 is 0. The largest absolute Gasteiger partial charge is 0.481 e. The van der Waals surface area contributed by atoms with E-state index in [0.29, 0.717) is 12.8 Å². The molecule has 6 heteroatoms. The minimum atomic E-state index is -1.40. The molecule has 6 nitrogen and oxygen atoms in total. The molecule has 0 aromatic carbocycles. The third kappa shape index (κ3) is 2.93. The number of carboxylic acid groups (broad SMARTS) is 1. The maximum atomic E-state index is 12.3. The van der Waals surface area contributed by atoms with Gasteiger partial charge in [-0.05, 0) is 18.8 Å². The van der Waals surface area contributed by atoms with E-state index in [2.05, 4.69) is 11.9 Å². The summed E-state index contributed by atoms with van der Waals surface area (Å²) in [4.78, 5) is 24.1. The predicted octanol–water partition coefficient (Wildman–Crippen LogP) is 0.704. The molecule has 0 radical (unpaired) electrons. The van der Waals surface area contributed by atoms with Crippen molar-refractivity contribution in [2.45, 2.75) is 38.8 Å². The summed E-state index contributed by atoms with van der Waals surface area (Å²) in [6.45, 7) is 6.51. The van der Waals surface area contributed by atoms with E-state index < -0.39 is 40.8 Å². The number of nitrogens with one attached hydrogen (secondary N) is 1. The molecule has 1 fully saturated rings. The molecular weight excluding hydrogens is 298 g/mol. The summed E-state index contributed by atoms with van der Waals surface area (Å²) >= 11 is 0. The maximum Gasteiger partial charge on any atom is 0.309 e. The first-order chi connectivity index (χ1) is 10.7. The monoisotopic (exact) mass is 323 g/mol. The molecule has 0 aliphatic heterocycles. The summed E-state index contributed by atoms with van der Waals surface area (Å²) in [6.07, 6.45) is 5.36. The Bertz CT molecular complexity index is 541. The molecule has 2 rings (SSSR count). The smallest absolute Gasteiger partial charge is 0.309 e. The highest BCUT2D eigenvalue weighted by atomic mass is 16.4. The molecule has 1 saturated carbocycles. The summed E-state index contributed by atoms with van der Waals surface area (Å²) in [5.74, 6) is -2.41. The Morgan fingerprint density at radius 1 is 1.52 bits per heavy atom. The molecule has 0 saturated heterocycles. The SMILES string of the molecule is C=CC[C@]12C=C[C@H](C1)[C@@H](NC(=O)[C@H](O)C(C)(C)CO)[C@@H]2C(=O)O. The highest BCUT2D eigenvalue weighted by Gasteiger charge is 2.58. The van der Waals surface area contributed by atoms with Gasteiger partial charge in [0.25, 0.3) is 0 Å². The van der Waals surface area contributed by atoms with Crippen LogP contribution in [0.5, 0.6) is 0 Å².